The van der Waals surface area contributed by atoms with Crippen molar-refractivity contribution in [1.82, 2.24) is 0 Å². The standard InChI is InChI=1S/C16H18.C5H10O.C2H6/c1-13-7-3-5-9-15(13)11-12-16-10-6-4-8-14(16)2;1-2-4-6-5-3-1;1-2/h3-10H,11-12H2,1-2H3;1-5H2;1-2H3. The number of ether oxygens (including phenoxy) is 1. The zero-order valence-electron chi connectivity index (χ0n) is 16.0. The summed E-state index contributed by atoms with van der Waals surface area (Å²) in [4.78, 5) is 0. The summed E-state index contributed by atoms with van der Waals surface area (Å²) in [6.45, 7) is 10.4. The summed E-state index contributed by atoms with van der Waals surface area (Å²) in [6, 6.07) is 17.3. The Morgan fingerprint density at radius 3 is 1.38 bits per heavy atom. The van der Waals surface area contributed by atoms with E-state index in [1.54, 1.807) is 0 Å². The van der Waals surface area contributed by atoms with Crippen molar-refractivity contribution in [3.05, 3.63) is 70.8 Å². The Kier molecular flexibility index (Phi) is 10.9. The van der Waals surface area contributed by atoms with Crippen molar-refractivity contribution in [2.75, 3.05) is 13.2 Å². The molecule has 2 aromatic rings. The molecule has 2 aromatic carbocycles. The van der Waals surface area contributed by atoms with Crippen LogP contribution in [0.15, 0.2) is 48.5 Å². The Hall–Kier alpha value is -1.60. The highest BCUT2D eigenvalue weighted by Crippen LogP contribution is 2.13. The Bertz CT molecular complexity index is 498. The Labute approximate surface area is 149 Å². The quantitative estimate of drug-likeness (QED) is 0.643. The van der Waals surface area contributed by atoms with Gasteiger partial charge in [-0.2, -0.15) is 0 Å². The van der Waals surface area contributed by atoms with Gasteiger partial charge in [-0.15, -0.1) is 0 Å². The highest BCUT2D eigenvalue weighted by atomic mass is 16.5. The van der Waals surface area contributed by atoms with Crippen molar-refractivity contribution in [2.45, 2.75) is 59.8 Å². The fourth-order valence-corrected chi connectivity index (χ4v) is 2.74. The highest BCUT2D eigenvalue weighted by Gasteiger charge is 2.00. The monoisotopic (exact) mass is 326 g/mol. The topological polar surface area (TPSA) is 9.23 Å². The summed E-state index contributed by atoms with van der Waals surface area (Å²) < 4.78 is 5.07. The second-order valence-electron chi connectivity index (χ2n) is 6.03. The maximum absolute atomic E-state index is 5.07. The van der Waals surface area contributed by atoms with Gasteiger partial charge in [-0.1, -0.05) is 62.4 Å². The van der Waals surface area contributed by atoms with Crippen molar-refractivity contribution in [2.24, 2.45) is 0 Å². The predicted molar refractivity (Wildman–Crippen MR) is 106 cm³/mol. The summed E-state index contributed by atoms with van der Waals surface area (Å²) in [6.07, 6.45) is 6.20. The van der Waals surface area contributed by atoms with Crippen molar-refractivity contribution in [3.63, 3.8) is 0 Å². The van der Waals surface area contributed by atoms with Gasteiger partial charge < -0.3 is 4.74 Å². The average Bonchev–Trinajstić information content (AvgIpc) is 2.66. The molecule has 0 radical (unpaired) electrons. The molecular formula is C23H34O. The molecule has 0 N–H and O–H groups in total. The van der Waals surface area contributed by atoms with E-state index < -0.39 is 0 Å². The molecule has 24 heavy (non-hydrogen) atoms. The lowest BCUT2D eigenvalue weighted by Gasteiger charge is -2.08. The molecule has 0 aromatic heterocycles. The van der Waals surface area contributed by atoms with Crippen LogP contribution in [0, 0.1) is 13.8 Å². The lowest BCUT2D eigenvalue weighted by atomic mass is 9.98. The zero-order chi connectivity index (χ0) is 17.6. The molecule has 0 unspecified atom stereocenters. The molecule has 1 heterocycles. The zero-order valence-corrected chi connectivity index (χ0v) is 16.0. The predicted octanol–water partition coefficient (Wildman–Crippen LogP) is 6.30. The summed E-state index contributed by atoms with van der Waals surface area (Å²) in [5, 5.41) is 0. The third kappa shape index (κ3) is 7.79. The van der Waals surface area contributed by atoms with Crippen LogP contribution in [0.4, 0.5) is 0 Å². The smallest absolute Gasteiger partial charge is 0.0466 e. The van der Waals surface area contributed by atoms with Crippen LogP contribution in [-0.4, -0.2) is 13.2 Å². The summed E-state index contributed by atoms with van der Waals surface area (Å²) in [5.41, 5.74) is 5.73. The Morgan fingerprint density at radius 2 is 1.08 bits per heavy atom. The second-order valence-corrected chi connectivity index (χ2v) is 6.03. The fourth-order valence-electron chi connectivity index (χ4n) is 2.74. The first-order chi connectivity index (χ1) is 11.8. The van der Waals surface area contributed by atoms with Gasteiger partial charge in [0.25, 0.3) is 0 Å². The molecule has 0 spiro atoms. The van der Waals surface area contributed by atoms with Gasteiger partial charge in [0.1, 0.15) is 0 Å². The van der Waals surface area contributed by atoms with Crippen LogP contribution in [0.25, 0.3) is 0 Å². The normalized spacial score (nSPS) is 13.2. The van der Waals surface area contributed by atoms with Gasteiger partial charge in [-0.3, -0.25) is 0 Å². The minimum Gasteiger partial charge on any atom is -0.381 e. The number of hydrogen-bond acceptors (Lipinski definition) is 1. The van der Waals surface area contributed by atoms with Crippen LogP contribution in [0.2, 0.25) is 0 Å². The maximum Gasteiger partial charge on any atom is 0.0466 e. The fraction of sp³-hybridized carbons (Fsp3) is 0.478. The molecule has 1 aliphatic rings. The molecular weight excluding hydrogens is 292 g/mol. The Morgan fingerprint density at radius 1 is 0.667 bits per heavy atom. The molecule has 1 aliphatic heterocycles. The molecule has 0 amide bonds. The average molecular weight is 327 g/mol. The molecule has 1 heteroatoms. The number of rotatable bonds is 3. The number of aryl methyl sites for hydroxylation is 4. The van der Waals surface area contributed by atoms with E-state index in [4.69, 9.17) is 4.74 Å². The van der Waals surface area contributed by atoms with Crippen molar-refractivity contribution in [3.8, 4) is 0 Å². The minimum absolute atomic E-state index is 1.00. The van der Waals surface area contributed by atoms with Crippen molar-refractivity contribution in [1.29, 1.82) is 0 Å². The minimum atomic E-state index is 1.00. The van der Waals surface area contributed by atoms with Gasteiger partial charge >= 0.3 is 0 Å². The van der Waals surface area contributed by atoms with Gasteiger partial charge in [0.15, 0.2) is 0 Å². The van der Waals surface area contributed by atoms with Crippen LogP contribution in [-0.2, 0) is 17.6 Å². The van der Waals surface area contributed by atoms with Crippen molar-refractivity contribution < 1.29 is 4.74 Å². The molecule has 0 atom stereocenters. The Balaban J connectivity index is 0.000000300. The van der Waals surface area contributed by atoms with Crippen LogP contribution in [0.1, 0.15) is 55.4 Å². The summed E-state index contributed by atoms with van der Waals surface area (Å²) in [5.74, 6) is 0. The van der Waals surface area contributed by atoms with E-state index in [-0.39, 0.29) is 0 Å². The molecule has 1 saturated heterocycles. The van der Waals surface area contributed by atoms with Gasteiger partial charge in [-0.25, -0.2) is 0 Å². The van der Waals surface area contributed by atoms with Crippen LogP contribution in [0.3, 0.4) is 0 Å². The molecule has 132 valence electrons. The third-order valence-corrected chi connectivity index (χ3v) is 4.26. The van der Waals surface area contributed by atoms with E-state index in [2.05, 4.69) is 62.4 Å². The lowest BCUT2D eigenvalue weighted by Crippen LogP contribution is -2.03. The van der Waals surface area contributed by atoms with E-state index in [0.717, 1.165) is 26.1 Å². The molecule has 0 bridgehead atoms. The van der Waals surface area contributed by atoms with Gasteiger partial charge in [0.05, 0.1) is 0 Å². The molecule has 0 saturated carbocycles. The molecule has 3 rings (SSSR count). The van der Waals surface area contributed by atoms with Crippen molar-refractivity contribution >= 4 is 0 Å². The third-order valence-electron chi connectivity index (χ3n) is 4.26. The largest absolute Gasteiger partial charge is 0.381 e. The highest BCUT2D eigenvalue weighted by molar-refractivity contribution is 5.30. The lowest BCUT2D eigenvalue weighted by molar-refractivity contribution is 0.0968. The summed E-state index contributed by atoms with van der Waals surface area (Å²) in [7, 11) is 0. The first kappa shape index (κ1) is 20.4. The first-order valence-electron chi connectivity index (χ1n) is 9.44. The maximum atomic E-state index is 5.07. The van der Waals surface area contributed by atoms with E-state index in [0.29, 0.717) is 0 Å². The molecule has 1 nitrogen and oxygen atoms in total. The SMILES string of the molecule is C1CCOCC1.CC.Cc1ccccc1CCc1ccccc1C. The van der Waals surface area contributed by atoms with Gasteiger partial charge in [-0.05, 0) is 68.2 Å². The van der Waals surface area contributed by atoms with Crippen LogP contribution >= 0.6 is 0 Å². The van der Waals surface area contributed by atoms with E-state index in [9.17, 15) is 0 Å². The number of benzene rings is 2. The van der Waals surface area contributed by atoms with Crippen LogP contribution in [0.5, 0.6) is 0 Å². The second kappa shape index (κ2) is 12.8. The van der Waals surface area contributed by atoms with Gasteiger partial charge in [0, 0.05) is 13.2 Å². The van der Waals surface area contributed by atoms with E-state index in [1.807, 2.05) is 13.8 Å². The summed E-state index contributed by atoms with van der Waals surface area (Å²) >= 11 is 0. The van der Waals surface area contributed by atoms with E-state index >= 15 is 0 Å². The molecule has 1 fully saturated rings. The number of hydrogen-bond donors (Lipinski definition) is 0. The molecule has 0 aliphatic carbocycles. The first-order valence-corrected chi connectivity index (χ1v) is 9.44. The van der Waals surface area contributed by atoms with E-state index in [1.165, 1.54) is 41.5 Å². The van der Waals surface area contributed by atoms with Gasteiger partial charge in [0.2, 0.25) is 0 Å². The van der Waals surface area contributed by atoms with Crippen LogP contribution < -0.4 is 0 Å².